The van der Waals surface area contributed by atoms with Gasteiger partial charge in [-0.15, -0.1) is 12.4 Å². The maximum Gasteiger partial charge on any atom is 0.317 e. The molecule has 2 aromatic rings. The number of nitrogens with one attached hydrogen (secondary N) is 1. The molecule has 24 heavy (non-hydrogen) atoms. The molecule has 3 rings (SSSR count). The number of carbonyl (C=O) groups excluding carboxylic acids is 1. The van der Waals surface area contributed by atoms with E-state index in [-0.39, 0.29) is 25.0 Å². The molecular weight excluding hydrogens is 330 g/mol. The molecule has 1 unspecified atom stereocenters. The fourth-order valence-electron chi connectivity index (χ4n) is 2.73. The first kappa shape index (κ1) is 18.2. The molecule has 0 saturated carbocycles. The molecule has 8 heteroatoms. The van der Waals surface area contributed by atoms with Crippen molar-refractivity contribution < 1.29 is 9.32 Å². The first-order valence-electron chi connectivity index (χ1n) is 7.79. The predicted octanol–water partition coefficient (Wildman–Crippen LogP) is 1.96. The van der Waals surface area contributed by atoms with Crippen molar-refractivity contribution >= 4 is 18.4 Å². The monoisotopic (exact) mass is 351 g/mol. The van der Waals surface area contributed by atoms with Gasteiger partial charge in [-0.25, -0.2) is 4.79 Å². The van der Waals surface area contributed by atoms with Crippen LogP contribution in [0.25, 0.3) is 11.4 Å². The summed E-state index contributed by atoms with van der Waals surface area (Å²) < 4.78 is 5.22. The number of nitrogens with two attached hydrogens (primary N) is 1. The number of hydrogen-bond acceptors (Lipinski definition) is 5. The van der Waals surface area contributed by atoms with E-state index in [2.05, 4.69) is 15.5 Å². The molecule has 1 aliphatic heterocycles. The van der Waals surface area contributed by atoms with Crippen LogP contribution in [0.4, 0.5) is 4.79 Å². The molecule has 0 aliphatic carbocycles. The Labute approximate surface area is 147 Å². The molecule has 1 aliphatic rings. The molecular formula is C16H22ClN5O2. The highest BCUT2D eigenvalue weighted by Crippen LogP contribution is 2.20. The summed E-state index contributed by atoms with van der Waals surface area (Å²) in [5.41, 5.74) is 7.65. The third-order valence-electron chi connectivity index (χ3n) is 4.15. The van der Waals surface area contributed by atoms with Crippen molar-refractivity contribution in [2.45, 2.75) is 19.9 Å². The number of amides is 2. The fraction of sp³-hybridized carbons (Fsp3) is 0.438. The van der Waals surface area contributed by atoms with Gasteiger partial charge in [-0.05, 0) is 31.4 Å². The minimum absolute atomic E-state index is 0. The summed E-state index contributed by atoms with van der Waals surface area (Å²) in [5, 5.41) is 6.80. The van der Waals surface area contributed by atoms with Gasteiger partial charge in [-0.1, -0.05) is 29.4 Å². The van der Waals surface area contributed by atoms with Crippen molar-refractivity contribution in [1.82, 2.24) is 20.4 Å². The number of carbonyl (C=O) groups is 1. The van der Waals surface area contributed by atoms with E-state index in [4.69, 9.17) is 10.3 Å². The van der Waals surface area contributed by atoms with Gasteiger partial charge in [0.1, 0.15) is 0 Å². The summed E-state index contributed by atoms with van der Waals surface area (Å²) in [4.78, 5) is 18.2. The zero-order chi connectivity index (χ0) is 16.2. The number of likely N-dealkylation sites (tertiary alicyclic amines) is 1. The third-order valence-corrected chi connectivity index (χ3v) is 4.15. The molecule has 2 heterocycles. The van der Waals surface area contributed by atoms with Crippen molar-refractivity contribution in [3.05, 3.63) is 35.7 Å². The Balaban J connectivity index is 0.00000208. The summed E-state index contributed by atoms with van der Waals surface area (Å²) >= 11 is 0. The van der Waals surface area contributed by atoms with E-state index in [1.165, 1.54) is 0 Å². The Kier molecular flexibility index (Phi) is 6.16. The largest absolute Gasteiger partial charge is 0.337 e. The van der Waals surface area contributed by atoms with Crippen molar-refractivity contribution in [3.8, 4) is 11.4 Å². The van der Waals surface area contributed by atoms with Gasteiger partial charge in [-0.3, -0.25) is 0 Å². The maximum absolute atomic E-state index is 12.1. The Bertz CT molecular complexity index is 691. The number of rotatable bonds is 4. The summed E-state index contributed by atoms with van der Waals surface area (Å²) in [6.07, 6.45) is 0.960. The smallest absolute Gasteiger partial charge is 0.317 e. The zero-order valence-corrected chi connectivity index (χ0v) is 14.4. The molecule has 1 atom stereocenters. The van der Waals surface area contributed by atoms with Gasteiger partial charge < -0.3 is 20.5 Å². The quantitative estimate of drug-likeness (QED) is 0.877. The van der Waals surface area contributed by atoms with Gasteiger partial charge in [0.2, 0.25) is 11.7 Å². The average Bonchev–Trinajstić information content (AvgIpc) is 3.22. The highest BCUT2D eigenvalue weighted by Gasteiger charge is 2.25. The van der Waals surface area contributed by atoms with E-state index in [1.807, 2.05) is 31.2 Å². The number of nitrogens with zero attached hydrogens (tertiary/aromatic N) is 3. The third kappa shape index (κ3) is 4.04. The van der Waals surface area contributed by atoms with Crippen molar-refractivity contribution in [2.75, 3.05) is 19.6 Å². The molecule has 130 valence electrons. The lowest BCUT2D eigenvalue weighted by Gasteiger charge is -2.16. The molecule has 7 nitrogen and oxygen atoms in total. The average molecular weight is 352 g/mol. The molecule has 1 aromatic carbocycles. The van der Waals surface area contributed by atoms with E-state index in [9.17, 15) is 4.79 Å². The van der Waals surface area contributed by atoms with E-state index in [0.717, 1.165) is 24.1 Å². The Morgan fingerprint density at radius 1 is 1.46 bits per heavy atom. The number of hydrogen-bond donors (Lipinski definition) is 2. The summed E-state index contributed by atoms with van der Waals surface area (Å²) in [5.74, 6) is 1.33. The van der Waals surface area contributed by atoms with E-state index in [0.29, 0.717) is 30.7 Å². The highest BCUT2D eigenvalue weighted by atomic mass is 35.5. The van der Waals surface area contributed by atoms with Crippen molar-refractivity contribution in [2.24, 2.45) is 11.7 Å². The molecule has 0 bridgehead atoms. The maximum atomic E-state index is 12.1. The molecule has 3 N–H and O–H groups in total. The zero-order valence-electron chi connectivity index (χ0n) is 13.6. The number of halogens is 1. The normalized spacial score (nSPS) is 16.8. The van der Waals surface area contributed by atoms with Crippen LogP contribution in [0.15, 0.2) is 28.8 Å². The van der Waals surface area contributed by atoms with E-state index < -0.39 is 0 Å². The summed E-state index contributed by atoms with van der Waals surface area (Å²) in [6, 6.07) is 7.72. The lowest BCUT2D eigenvalue weighted by atomic mass is 10.1. The predicted molar refractivity (Wildman–Crippen MR) is 92.7 cm³/mol. The Morgan fingerprint density at radius 3 is 2.96 bits per heavy atom. The summed E-state index contributed by atoms with van der Waals surface area (Å²) in [7, 11) is 0. The first-order chi connectivity index (χ1) is 11.2. The number of benzene rings is 1. The molecule has 0 radical (unpaired) electrons. The molecule has 0 spiro atoms. The van der Waals surface area contributed by atoms with Crippen LogP contribution in [0, 0.1) is 12.8 Å². The van der Waals surface area contributed by atoms with E-state index >= 15 is 0 Å². The van der Waals surface area contributed by atoms with Crippen LogP contribution in [-0.2, 0) is 6.54 Å². The topological polar surface area (TPSA) is 97.3 Å². The first-order valence-corrected chi connectivity index (χ1v) is 7.79. The second kappa shape index (κ2) is 8.12. The number of aromatic nitrogens is 2. The highest BCUT2D eigenvalue weighted by molar-refractivity contribution is 5.85. The minimum atomic E-state index is -0.114. The second-order valence-corrected chi connectivity index (χ2v) is 5.82. The molecule has 1 saturated heterocycles. The minimum Gasteiger partial charge on any atom is -0.337 e. The fourth-order valence-corrected chi connectivity index (χ4v) is 2.73. The van der Waals surface area contributed by atoms with Gasteiger partial charge in [0, 0.05) is 18.7 Å². The lowest BCUT2D eigenvalue weighted by Crippen LogP contribution is -2.38. The van der Waals surface area contributed by atoms with Crippen LogP contribution in [0.2, 0.25) is 0 Å². The standard InChI is InChI=1S/C16H21N5O2.ClH/c1-11-4-2-3-5-13(11)15-19-14(23-20-15)9-18-16(22)21-7-6-12(8-17)10-21;/h2-5,12H,6-10,17H2,1H3,(H,18,22);1H. The van der Waals surface area contributed by atoms with Crippen molar-refractivity contribution in [1.29, 1.82) is 0 Å². The van der Waals surface area contributed by atoms with E-state index in [1.54, 1.807) is 4.90 Å². The van der Waals surface area contributed by atoms with Crippen LogP contribution in [0.5, 0.6) is 0 Å². The lowest BCUT2D eigenvalue weighted by molar-refractivity contribution is 0.205. The van der Waals surface area contributed by atoms with Gasteiger partial charge >= 0.3 is 6.03 Å². The van der Waals surface area contributed by atoms with Crippen LogP contribution in [0.3, 0.4) is 0 Å². The van der Waals surface area contributed by atoms with Crippen LogP contribution < -0.4 is 11.1 Å². The summed E-state index contributed by atoms with van der Waals surface area (Å²) in [6.45, 7) is 4.29. The van der Waals surface area contributed by atoms with Crippen LogP contribution in [0.1, 0.15) is 17.9 Å². The molecule has 1 aromatic heterocycles. The number of urea groups is 1. The van der Waals surface area contributed by atoms with Crippen molar-refractivity contribution in [3.63, 3.8) is 0 Å². The van der Waals surface area contributed by atoms with Crippen LogP contribution in [-0.4, -0.2) is 40.7 Å². The van der Waals surface area contributed by atoms with Crippen LogP contribution >= 0.6 is 12.4 Å². The van der Waals surface area contributed by atoms with Gasteiger partial charge in [-0.2, -0.15) is 4.98 Å². The Morgan fingerprint density at radius 2 is 2.25 bits per heavy atom. The van der Waals surface area contributed by atoms with Gasteiger partial charge in [0.05, 0.1) is 6.54 Å². The van der Waals surface area contributed by atoms with Gasteiger partial charge in [0.25, 0.3) is 0 Å². The number of aryl methyl sites for hydroxylation is 1. The molecule has 2 amide bonds. The Hall–Kier alpha value is -2.12. The SMILES string of the molecule is Cc1ccccc1-c1noc(CNC(=O)N2CCC(CN)C2)n1.Cl. The van der Waals surface area contributed by atoms with Gasteiger partial charge in [0.15, 0.2) is 0 Å². The molecule has 1 fully saturated rings. The second-order valence-electron chi connectivity index (χ2n) is 5.82.